The summed E-state index contributed by atoms with van der Waals surface area (Å²) in [7, 11) is 0. The van der Waals surface area contributed by atoms with Gasteiger partial charge in [-0.25, -0.2) is 4.98 Å². The Balaban J connectivity index is 3.16. The van der Waals surface area contributed by atoms with E-state index in [2.05, 4.69) is 9.97 Å². The summed E-state index contributed by atoms with van der Waals surface area (Å²) in [5.74, 6) is -5.53. The minimum atomic E-state index is -5.70. The van der Waals surface area contributed by atoms with Crippen LogP contribution < -0.4 is 5.73 Å². The van der Waals surface area contributed by atoms with E-state index in [1.165, 1.54) is 0 Å². The standard InChI is InChI=1S/C6H4F5N3/c7-5(8,6(9,10)11)3-1-13-2-4(12)14-3/h1-2H,(H2,12,14). The van der Waals surface area contributed by atoms with Crippen molar-refractivity contribution in [3.8, 4) is 0 Å². The van der Waals surface area contributed by atoms with Crippen LogP contribution in [-0.2, 0) is 5.92 Å². The summed E-state index contributed by atoms with van der Waals surface area (Å²) in [5, 5.41) is 0. The number of halogens is 5. The van der Waals surface area contributed by atoms with E-state index in [1.807, 2.05) is 0 Å². The quantitative estimate of drug-likeness (QED) is 0.722. The van der Waals surface area contributed by atoms with E-state index in [0.717, 1.165) is 6.20 Å². The molecule has 0 aliphatic carbocycles. The second-order valence-electron chi connectivity index (χ2n) is 2.40. The summed E-state index contributed by atoms with van der Waals surface area (Å²) in [6.45, 7) is 0. The SMILES string of the molecule is Nc1cncc(C(F)(F)C(F)(F)F)n1. The van der Waals surface area contributed by atoms with Crippen LogP contribution in [0, 0.1) is 0 Å². The first-order chi connectivity index (χ1) is 6.25. The molecular weight excluding hydrogens is 209 g/mol. The van der Waals surface area contributed by atoms with Crippen LogP contribution in [0.4, 0.5) is 27.8 Å². The second-order valence-corrected chi connectivity index (χ2v) is 2.40. The predicted octanol–water partition coefficient (Wildman–Crippen LogP) is 1.71. The fourth-order valence-electron chi connectivity index (χ4n) is 0.678. The third kappa shape index (κ3) is 1.73. The van der Waals surface area contributed by atoms with Gasteiger partial charge in [0.05, 0.1) is 12.4 Å². The fraction of sp³-hybridized carbons (Fsp3) is 0.333. The predicted molar refractivity (Wildman–Crippen MR) is 36.4 cm³/mol. The molecule has 0 bridgehead atoms. The third-order valence-electron chi connectivity index (χ3n) is 1.33. The Kier molecular flexibility index (Phi) is 2.30. The second kappa shape index (κ2) is 3.03. The molecule has 2 N–H and O–H groups in total. The molecule has 78 valence electrons. The van der Waals surface area contributed by atoms with Gasteiger partial charge in [0.2, 0.25) is 0 Å². The highest BCUT2D eigenvalue weighted by Gasteiger charge is 2.60. The molecule has 0 fully saturated rings. The highest BCUT2D eigenvalue weighted by Crippen LogP contribution is 2.42. The molecule has 1 heterocycles. The van der Waals surface area contributed by atoms with Gasteiger partial charge in [-0.15, -0.1) is 0 Å². The molecule has 1 aromatic rings. The Morgan fingerprint density at radius 3 is 2.07 bits per heavy atom. The number of rotatable bonds is 1. The molecule has 0 saturated heterocycles. The molecule has 1 rings (SSSR count). The normalized spacial score (nSPS) is 12.9. The van der Waals surface area contributed by atoms with Gasteiger partial charge < -0.3 is 5.73 Å². The Hall–Kier alpha value is -1.47. The molecule has 0 amide bonds. The molecule has 14 heavy (non-hydrogen) atoms. The van der Waals surface area contributed by atoms with Gasteiger partial charge >= 0.3 is 12.1 Å². The van der Waals surface area contributed by atoms with Gasteiger partial charge in [-0.1, -0.05) is 0 Å². The summed E-state index contributed by atoms with van der Waals surface area (Å²) in [6, 6.07) is 0. The summed E-state index contributed by atoms with van der Waals surface area (Å²) >= 11 is 0. The van der Waals surface area contributed by atoms with Crippen LogP contribution in [0.2, 0.25) is 0 Å². The number of anilines is 1. The highest BCUT2D eigenvalue weighted by molar-refractivity contribution is 5.25. The van der Waals surface area contributed by atoms with E-state index in [0.29, 0.717) is 6.20 Å². The van der Waals surface area contributed by atoms with Crippen LogP contribution in [0.1, 0.15) is 5.69 Å². The van der Waals surface area contributed by atoms with Crippen LogP contribution in [-0.4, -0.2) is 16.1 Å². The van der Waals surface area contributed by atoms with Crippen molar-refractivity contribution < 1.29 is 22.0 Å². The summed E-state index contributed by atoms with van der Waals surface area (Å²) < 4.78 is 60.5. The summed E-state index contributed by atoms with van der Waals surface area (Å²) in [4.78, 5) is 5.95. The largest absolute Gasteiger partial charge is 0.459 e. The van der Waals surface area contributed by atoms with Crippen molar-refractivity contribution in [3.63, 3.8) is 0 Å². The van der Waals surface area contributed by atoms with E-state index in [4.69, 9.17) is 5.73 Å². The van der Waals surface area contributed by atoms with Crippen molar-refractivity contribution in [2.24, 2.45) is 0 Å². The minimum absolute atomic E-state index is 0.323. The lowest BCUT2D eigenvalue weighted by Gasteiger charge is -2.18. The van der Waals surface area contributed by atoms with Crippen molar-refractivity contribution in [2.45, 2.75) is 12.1 Å². The van der Waals surface area contributed by atoms with Crippen LogP contribution in [0.25, 0.3) is 0 Å². The van der Waals surface area contributed by atoms with Gasteiger partial charge in [-0.05, 0) is 0 Å². The first-order valence-corrected chi connectivity index (χ1v) is 3.27. The van der Waals surface area contributed by atoms with Crippen LogP contribution >= 0.6 is 0 Å². The van der Waals surface area contributed by atoms with Gasteiger partial charge in [0.1, 0.15) is 11.5 Å². The van der Waals surface area contributed by atoms with Crippen LogP contribution in [0.15, 0.2) is 12.4 Å². The zero-order valence-corrected chi connectivity index (χ0v) is 6.52. The molecule has 0 aliphatic rings. The lowest BCUT2D eigenvalue weighted by molar-refractivity contribution is -0.291. The van der Waals surface area contributed by atoms with Gasteiger partial charge in [-0.2, -0.15) is 22.0 Å². The maximum atomic E-state index is 12.6. The maximum absolute atomic E-state index is 12.6. The maximum Gasteiger partial charge on any atom is 0.459 e. The molecule has 1 aromatic heterocycles. The average molecular weight is 213 g/mol. The van der Waals surface area contributed by atoms with Crippen molar-refractivity contribution in [1.82, 2.24) is 9.97 Å². The molecule has 0 radical (unpaired) electrons. The van der Waals surface area contributed by atoms with Crippen molar-refractivity contribution in [3.05, 3.63) is 18.1 Å². The van der Waals surface area contributed by atoms with E-state index in [9.17, 15) is 22.0 Å². The fourth-order valence-corrected chi connectivity index (χ4v) is 0.678. The van der Waals surface area contributed by atoms with E-state index in [1.54, 1.807) is 0 Å². The summed E-state index contributed by atoms with van der Waals surface area (Å²) in [6.07, 6.45) is -4.50. The molecular formula is C6H4F5N3. The lowest BCUT2D eigenvalue weighted by atomic mass is 10.2. The van der Waals surface area contributed by atoms with Crippen molar-refractivity contribution in [1.29, 1.82) is 0 Å². The molecule has 0 atom stereocenters. The van der Waals surface area contributed by atoms with Gasteiger partial charge in [0.15, 0.2) is 0 Å². The zero-order chi connectivity index (χ0) is 11.0. The van der Waals surface area contributed by atoms with Crippen molar-refractivity contribution in [2.75, 3.05) is 5.73 Å². The number of hydrogen-bond acceptors (Lipinski definition) is 3. The summed E-state index contributed by atoms with van der Waals surface area (Å²) in [5.41, 5.74) is 3.42. The highest BCUT2D eigenvalue weighted by atomic mass is 19.4. The lowest BCUT2D eigenvalue weighted by Crippen LogP contribution is -2.34. The Morgan fingerprint density at radius 1 is 1.07 bits per heavy atom. The average Bonchev–Trinajstić information content (AvgIpc) is 2.02. The zero-order valence-electron chi connectivity index (χ0n) is 6.52. The molecule has 0 aliphatic heterocycles. The molecule has 0 spiro atoms. The Morgan fingerprint density at radius 2 is 1.64 bits per heavy atom. The molecule has 0 unspecified atom stereocenters. The minimum Gasteiger partial charge on any atom is -0.382 e. The number of aromatic nitrogens is 2. The van der Waals surface area contributed by atoms with Crippen LogP contribution in [0.5, 0.6) is 0 Å². The van der Waals surface area contributed by atoms with Crippen molar-refractivity contribution >= 4 is 5.82 Å². The van der Waals surface area contributed by atoms with Gasteiger partial charge in [0, 0.05) is 0 Å². The van der Waals surface area contributed by atoms with Crippen LogP contribution in [0.3, 0.4) is 0 Å². The topological polar surface area (TPSA) is 51.8 Å². The first kappa shape index (κ1) is 10.6. The molecule has 3 nitrogen and oxygen atoms in total. The number of nitrogens with two attached hydrogens (primary N) is 1. The smallest absolute Gasteiger partial charge is 0.382 e. The monoisotopic (exact) mass is 213 g/mol. The van der Waals surface area contributed by atoms with E-state index in [-0.39, 0.29) is 0 Å². The van der Waals surface area contributed by atoms with E-state index >= 15 is 0 Å². The first-order valence-electron chi connectivity index (χ1n) is 3.27. The van der Waals surface area contributed by atoms with Gasteiger partial charge in [-0.3, -0.25) is 4.98 Å². The Bertz CT molecular complexity index is 334. The number of nitrogens with zero attached hydrogens (tertiary/aromatic N) is 2. The number of hydrogen-bond donors (Lipinski definition) is 1. The Labute approximate surface area is 74.8 Å². The van der Waals surface area contributed by atoms with Gasteiger partial charge in [0.25, 0.3) is 0 Å². The molecule has 8 heteroatoms. The molecule has 0 aromatic carbocycles. The number of alkyl halides is 5. The number of nitrogen functional groups attached to an aromatic ring is 1. The molecule has 0 saturated carbocycles. The third-order valence-corrected chi connectivity index (χ3v) is 1.33. The van der Waals surface area contributed by atoms with E-state index < -0.39 is 23.6 Å².